The normalized spacial score (nSPS) is 10.8. The van der Waals surface area contributed by atoms with Crippen LogP contribution in [0.5, 0.6) is 0 Å². The number of carbonyl (C=O) groups is 1. The summed E-state index contributed by atoms with van der Waals surface area (Å²) >= 11 is 1.59. The summed E-state index contributed by atoms with van der Waals surface area (Å²) in [7, 11) is 1.97. The molecule has 0 bridgehead atoms. The zero-order valence-electron chi connectivity index (χ0n) is 10.1. The van der Waals surface area contributed by atoms with Crippen LogP contribution in [0.2, 0.25) is 0 Å². The van der Waals surface area contributed by atoms with Crippen LogP contribution in [0.1, 0.15) is 28.2 Å². The number of hydrogen-bond acceptors (Lipinski definition) is 3. The van der Waals surface area contributed by atoms with Crippen molar-refractivity contribution < 1.29 is 9.90 Å². The highest BCUT2D eigenvalue weighted by Gasteiger charge is 2.13. The molecule has 1 heterocycles. The summed E-state index contributed by atoms with van der Waals surface area (Å²) < 4.78 is 2.03. The minimum atomic E-state index is 0.184. The number of carbonyl (C=O) groups excluding carboxylic acids is 1. The molecule has 16 heavy (non-hydrogen) atoms. The first-order chi connectivity index (χ1) is 7.57. The summed E-state index contributed by atoms with van der Waals surface area (Å²) in [5.41, 5.74) is 2.97. The van der Waals surface area contributed by atoms with Crippen LogP contribution in [0, 0.1) is 13.8 Å². The summed E-state index contributed by atoms with van der Waals surface area (Å²) in [5.74, 6) is 1.53. The molecule has 0 aliphatic rings. The Labute approximate surface area is 101 Å². The van der Waals surface area contributed by atoms with Crippen molar-refractivity contribution in [3.63, 3.8) is 0 Å². The molecule has 0 amide bonds. The molecule has 1 aromatic heterocycles. The fourth-order valence-electron chi connectivity index (χ4n) is 1.55. The van der Waals surface area contributed by atoms with Gasteiger partial charge in [-0.3, -0.25) is 4.79 Å². The van der Waals surface area contributed by atoms with Crippen molar-refractivity contribution in [2.75, 3.05) is 18.1 Å². The first kappa shape index (κ1) is 13.3. The highest BCUT2D eigenvalue weighted by atomic mass is 32.2. The van der Waals surface area contributed by atoms with E-state index in [1.54, 1.807) is 11.8 Å². The number of ketones is 1. The SMILES string of the molecule is Cc1cc(C(=O)CSCCCO)c(C)n1C. The van der Waals surface area contributed by atoms with Crippen molar-refractivity contribution in [2.45, 2.75) is 20.3 Å². The molecule has 0 aromatic carbocycles. The molecule has 90 valence electrons. The van der Waals surface area contributed by atoms with Gasteiger partial charge in [-0.1, -0.05) is 0 Å². The van der Waals surface area contributed by atoms with E-state index in [-0.39, 0.29) is 12.4 Å². The summed E-state index contributed by atoms with van der Waals surface area (Å²) in [5, 5.41) is 8.63. The van der Waals surface area contributed by atoms with E-state index < -0.39 is 0 Å². The lowest BCUT2D eigenvalue weighted by Gasteiger charge is -2.02. The van der Waals surface area contributed by atoms with E-state index in [4.69, 9.17) is 5.11 Å². The molecule has 0 atom stereocenters. The van der Waals surface area contributed by atoms with E-state index in [9.17, 15) is 4.79 Å². The Morgan fingerprint density at radius 2 is 2.19 bits per heavy atom. The van der Waals surface area contributed by atoms with Gasteiger partial charge in [-0.05, 0) is 32.1 Å². The van der Waals surface area contributed by atoms with Crippen molar-refractivity contribution in [1.29, 1.82) is 0 Å². The van der Waals surface area contributed by atoms with Crippen molar-refractivity contribution in [3.8, 4) is 0 Å². The van der Waals surface area contributed by atoms with Gasteiger partial charge in [0.05, 0.1) is 5.75 Å². The molecule has 1 aromatic rings. The maximum Gasteiger partial charge on any atom is 0.174 e. The van der Waals surface area contributed by atoms with E-state index >= 15 is 0 Å². The zero-order chi connectivity index (χ0) is 12.1. The van der Waals surface area contributed by atoms with Crippen LogP contribution in [0.15, 0.2) is 6.07 Å². The number of aliphatic hydroxyl groups is 1. The Hall–Kier alpha value is -0.740. The topological polar surface area (TPSA) is 42.2 Å². The van der Waals surface area contributed by atoms with Crippen LogP contribution in [-0.2, 0) is 7.05 Å². The van der Waals surface area contributed by atoms with Gasteiger partial charge in [-0.2, -0.15) is 11.8 Å². The predicted octanol–water partition coefficient (Wildman–Crippen LogP) is 1.94. The Morgan fingerprint density at radius 3 is 2.69 bits per heavy atom. The zero-order valence-corrected chi connectivity index (χ0v) is 10.9. The third kappa shape index (κ3) is 3.12. The molecular formula is C12H19NO2S. The molecule has 0 aliphatic heterocycles. The highest BCUT2D eigenvalue weighted by Crippen LogP contribution is 2.16. The number of aromatic nitrogens is 1. The van der Waals surface area contributed by atoms with Crippen LogP contribution < -0.4 is 0 Å². The number of Topliss-reactive ketones (excluding diaryl/α,β-unsaturated/α-hetero) is 1. The van der Waals surface area contributed by atoms with Gasteiger partial charge in [0.1, 0.15) is 0 Å². The van der Waals surface area contributed by atoms with Gasteiger partial charge in [0, 0.05) is 30.6 Å². The first-order valence-corrected chi connectivity index (χ1v) is 6.58. The fraction of sp³-hybridized carbons (Fsp3) is 0.583. The van der Waals surface area contributed by atoms with E-state index in [1.807, 2.05) is 31.5 Å². The van der Waals surface area contributed by atoms with Gasteiger partial charge in [0.2, 0.25) is 0 Å². The van der Waals surface area contributed by atoms with Gasteiger partial charge in [0.15, 0.2) is 5.78 Å². The van der Waals surface area contributed by atoms with Crippen molar-refractivity contribution in [1.82, 2.24) is 4.57 Å². The molecule has 4 heteroatoms. The standard InChI is InChI=1S/C12H19NO2S/c1-9-7-11(10(2)13(9)3)12(15)8-16-6-4-5-14/h7,14H,4-6,8H2,1-3H3. The molecule has 1 N–H and O–H groups in total. The second-order valence-electron chi connectivity index (χ2n) is 3.90. The third-order valence-corrected chi connectivity index (χ3v) is 3.80. The summed E-state index contributed by atoms with van der Waals surface area (Å²) in [6, 6.07) is 1.95. The number of thioether (sulfide) groups is 1. The van der Waals surface area contributed by atoms with Gasteiger partial charge < -0.3 is 9.67 Å². The average molecular weight is 241 g/mol. The second kappa shape index (κ2) is 6.11. The van der Waals surface area contributed by atoms with E-state index in [1.165, 1.54) is 0 Å². The monoisotopic (exact) mass is 241 g/mol. The Morgan fingerprint density at radius 1 is 1.50 bits per heavy atom. The van der Waals surface area contributed by atoms with E-state index in [2.05, 4.69) is 0 Å². The smallest absolute Gasteiger partial charge is 0.174 e. The maximum absolute atomic E-state index is 11.9. The lowest BCUT2D eigenvalue weighted by Crippen LogP contribution is -2.05. The Kier molecular flexibility index (Phi) is 5.09. The van der Waals surface area contributed by atoms with Crippen molar-refractivity contribution >= 4 is 17.5 Å². The predicted molar refractivity (Wildman–Crippen MR) is 68.2 cm³/mol. The van der Waals surface area contributed by atoms with Crippen LogP contribution >= 0.6 is 11.8 Å². The lowest BCUT2D eigenvalue weighted by molar-refractivity contribution is 0.102. The third-order valence-electron chi connectivity index (χ3n) is 2.76. The summed E-state index contributed by atoms with van der Waals surface area (Å²) in [6.45, 7) is 4.17. The first-order valence-electron chi connectivity index (χ1n) is 5.42. The molecule has 0 saturated heterocycles. The molecule has 0 fully saturated rings. The molecule has 0 radical (unpaired) electrons. The largest absolute Gasteiger partial charge is 0.396 e. The van der Waals surface area contributed by atoms with Crippen molar-refractivity contribution in [2.24, 2.45) is 7.05 Å². The molecule has 0 unspecified atom stereocenters. The van der Waals surface area contributed by atoms with E-state index in [0.717, 1.165) is 29.1 Å². The van der Waals surface area contributed by atoms with Gasteiger partial charge in [-0.15, -0.1) is 0 Å². The molecule has 3 nitrogen and oxygen atoms in total. The van der Waals surface area contributed by atoms with E-state index in [0.29, 0.717) is 5.75 Å². The van der Waals surface area contributed by atoms with Gasteiger partial charge in [0.25, 0.3) is 0 Å². The average Bonchev–Trinajstić information content (AvgIpc) is 2.52. The fourth-order valence-corrected chi connectivity index (χ4v) is 2.37. The van der Waals surface area contributed by atoms with Gasteiger partial charge >= 0.3 is 0 Å². The Bertz CT molecular complexity index is 371. The van der Waals surface area contributed by atoms with Crippen LogP contribution in [-0.4, -0.2) is 33.6 Å². The summed E-state index contributed by atoms with van der Waals surface area (Å²) in [4.78, 5) is 11.9. The number of aryl methyl sites for hydroxylation is 1. The number of aliphatic hydroxyl groups excluding tert-OH is 1. The quantitative estimate of drug-likeness (QED) is 0.611. The maximum atomic E-state index is 11.9. The second-order valence-corrected chi connectivity index (χ2v) is 5.00. The Balaban J connectivity index is 2.56. The number of hydrogen-bond donors (Lipinski definition) is 1. The van der Waals surface area contributed by atoms with Crippen LogP contribution in [0.25, 0.3) is 0 Å². The lowest BCUT2D eigenvalue weighted by atomic mass is 10.2. The van der Waals surface area contributed by atoms with Crippen LogP contribution in [0.4, 0.5) is 0 Å². The molecule has 0 aliphatic carbocycles. The highest BCUT2D eigenvalue weighted by molar-refractivity contribution is 7.99. The molecule has 0 saturated carbocycles. The van der Waals surface area contributed by atoms with Crippen molar-refractivity contribution in [3.05, 3.63) is 23.0 Å². The minimum Gasteiger partial charge on any atom is -0.396 e. The van der Waals surface area contributed by atoms with Gasteiger partial charge in [-0.25, -0.2) is 0 Å². The number of rotatable bonds is 6. The summed E-state index contributed by atoms with van der Waals surface area (Å²) in [6.07, 6.45) is 0.755. The number of nitrogens with zero attached hydrogens (tertiary/aromatic N) is 1. The van der Waals surface area contributed by atoms with Crippen LogP contribution in [0.3, 0.4) is 0 Å². The minimum absolute atomic E-state index is 0.184. The molecular weight excluding hydrogens is 222 g/mol. The molecule has 1 rings (SSSR count). The molecule has 0 spiro atoms.